The number of aliphatic hydroxyl groups is 5. The SMILES string of the molecule is CC(=O)OC1C(O)C(CO)OC(OC(C=Nc2cnc([NH+]([O-])O)s2)C(CO)OC(O)C=Nc2cnc([NH+]([O-])O)s2)C1O. The Morgan fingerprint density at radius 1 is 1.10 bits per heavy atom. The van der Waals surface area contributed by atoms with Gasteiger partial charge in [-0.25, -0.2) is 20.4 Å². The number of aliphatic hydroxyl groups excluding tert-OH is 5. The van der Waals surface area contributed by atoms with Gasteiger partial charge in [-0.05, 0) is 22.7 Å². The maximum atomic E-state index is 11.5. The molecule has 22 heteroatoms. The second-order valence-corrected chi connectivity index (χ2v) is 10.3. The molecule has 1 saturated heterocycles. The van der Waals surface area contributed by atoms with E-state index in [2.05, 4.69) is 20.0 Å². The summed E-state index contributed by atoms with van der Waals surface area (Å²) >= 11 is 1.41. The maximum Gasteiger partial charge on any atom is 0.319 e. The first-order valence-corrected chi connectivity index (χ1v) is 13.4. The molecule has 2 aromatic heterocycles. The first-order valence-electron chi connectivity index (χ1n) is 11.8. The van der Waals surface area contributed by atoms with Crippen LogP contribution in [-0.4, -0.2) is 127 Å². The van der Waals surface area contributed by atoms with Crippen molar-refractivity contribution < 1.29 is 70.1 Å². The number of hydrogen-bond donors (Lipinski definition) is 9. The smallest absolute Gasteiger partial charge is 0.319 e. The van der Waals surface area contributed by atoms with Gasteiger partial charge in [-0.1, -0.05) is 0 Å². The van der Waals surface area contributed by atoms with Gasteiger partial charge in [-0.3, -0.25) is 4.79 Å². The van der Waals surface area contributed by atoms with Gasteiger partial charge in [0.15, 0.2) is 18.7 Å². The van der Waals surface area contributed by atoms with E-state index in [9.17, 15) is 40.7 Å². The van der Waals surface area contributed by atoms with E-state index in [1.807, 2.05) is 0 Å². The molecule has 3 heterocycles. The molecular weight excluding hydrogens is 612 g/mol. The predicted octanol–water partition coefficient (Wildman–Crippen LogP) is -4.04. The molecule has 234 valence electrons. The minimum atomic E-state index is -1.81. The lowest BCUT2D eigenvalue weighted by atomic mass is 9.99. The maximum absolute atomic E-state index is 11.5. The lowest BCUT2D eigenvalue weighted by Crippen LogP contribution is -2.99. The third-order valence-electron chi connectivity index (χ3n) is 5.31. The number of thiazole rings is 2. The van der Waals surface area contributed by atoms with Crippen LogP contribution in [0.4, 0.5) is 20.3 Å². The number of esters is 1. The number of aromatic nitrogens is 2. The van der Waals surface area contributed by atoms with E-state index in [0.717, 1.165) is 31.7 Å². The molecule has 0 aliphatic carbocycles. The predicted molar refractivity (Wildman–Crippen MR) is 138 cm³/mol. The van der Waals surface area contributed by atoms with Crippen LogP contribution in [0, 0.1) is 10.4 Å². The zero-order chi connectivity index (χ0) is 31.0. The molecule has 20 nitrogen and oxygen atoms in total. The standard InChI is InChI=1S/C20H28N6O14S2/c1-8(29)37-17-15(31)11(7-28)40-18(16(17)32)39-9(2-21-12-3-23-19(41-12)25(33)34)10(6-27)38-14(30)5-22-13-4-24-20(42-13)26(35)36/h2-5,9-11,14-18,25-28,30-33,35H,6-7H2,1H3. The van der Waals surface area contributed by atoms with E-state index < -0.39 is 78.8 Å². The van der Waals surface area contributed by atoms with Crippen LogP contribution in [0.5, 0.6) is 0 Å². The molecule has 0 spiro atoms. The Bertz CT molecular complexity index is 1200. The molecule has 42 heavy (non-hydrogen) atoms. The van der Waals surface area contributed by atoms with Crippen LogP contribution in [0.15, 0.2) is 22.4 Å². The van der Waals surface area contributed by atoms with Crippen molar-refractivity contribution >= 4 is 61.3 Å². The fourth-order valence-corrected chi connectivity index (χ4v) is 4.66. The van der Waals surface area contributed by atoms with Crippen molar-refractivity contribution in [2.24, 2.45) is 9.98 Å². The highest BCUT2D eigenvalue weighted by molar-refractivity contribution is 7.18. The normalized spacial score (nSPS) is 26.8. The highest BCUT2D eigenvalue weighted by Gasteiger charge is 2.48. The van der Waals surface area contributed by atoms with Gasteiger partial charge in [0.05, 0.1) is 31.8 Å². The molecule has 10 atom stereocenters. The van der Waals surface area contributed by atoms with Crippen LogP contribution in [0.25, 0.3) is 0 Å². The summed E-state index contributed by atoms with van der Waals surface area (Å²) in [6.45, 7) is -0.572. The van der Waals surface area contributed by atoms with Crippen molar-refractivity contribution in [3.63, 3.8) is 0 Å². The van der Waals surface area contributed by atoms with Crippen LogP contribution in [-0.2, 0) is 23.7 Å². The zero-order valence-electron chi connectivity index (χ0n) is 21.4. The molecule has 1 fully saturated rings. The zero-order valence-corrected chi connectivity index (χ0v) is 23.1. The van der Waals surface area contributed by atoms with E-state index in [0.29, 0.717) is 22.7 Å². The summed E-state index contributed by atoms with van der Waals surface area (Å²) in [5.74, 6) is -0.858. The topological polar surface area (TPSA) is 301 Å². The first kappa shape index (κ1) is 34.0. The molecule has 1 aliphatic rings. The second-order valence-electron chi connectivity index (χ2n) is 8.30. The Morgan fingerprint density at radius 2 is 1.67 bits per heavy atom. The minimum absolute atomic E-state index is 0.0887. The number of nitrogens with zero attached hydrogens (tertiary/aromatic N) is 4. The van der Waals surface area contributed by atoms with Gasteiger partial charge in [0.25, 0.3) is 0 Å². The van der Waals surface area contributed by atoms with E-state index in [-0.39, 0.29) is 20.3 Å². The number of carbonyl (C=O) groups excluding carboxylic acids is 1. The molecule has 10 unspecified atom stereocenters. The van der Waals surface area contributed by atoms with Crippen molar-refractivity contribution in [3.8, 4) is 0 Å². The summed E-state index contributed by atoms with van der Waals surface area (Å²) in [7, 11) is 0. The van der Waals surface area contributed by atoms with Gasteiger partial charge in [0, 0.05) is 13.1 Å². The van der Waals surface area contributed by atoms with Crippen LogP contribution < -0.4 is 10.5 Å². The number of hydrogen-bond acceptors (Lipinski definition) is 20. The number of quaternary nitrogens is 2. The molecule has 9 N–H and O–H groups in total. The summed E-state index contributed by atoms with van der Waals surface area (Å²) in [6.07, 6.45) is -8.70. The summed E-state index contributed by atoms with van der Waals surface area (Å²) in [5, 5.41) is 88.4. The van der Waals surface area contributed by atoms with Crippen molar-refractivity contribution in [1.29, 1.82) is 0 Å². The molecule has 2 aromatic rings. The average molecular weight is 641 g/mol. The highest BCUT2D eigenvalue weighted by atomic mass is 32.1. The third kappa shape index (κ3) is 9.25. The third-order valence-corrected chi connectivity index (χ3v) is 7.09. The molecule has 0 bridgehead atoms. The van der Waals surface area contributed by atoms with Gasteiger partial charge in [0.2, 0.25) is 0 Å². The summed E-state index contributed by atoms with van der Waals surface area (Å²) in [5.41, 5.74) is 0. The van der Waals surface area contributed by atoms with Crippen LogP contribution in [0.1, 0.15) is 6.92 Å². The van der Waals surface area contributed by atoms with E-state index in [4.69, 9.17) is 29.4 Å². The van der Waals surface area contributed by atoms with Gasteiger partial charge in [0.1, 0.15) is 40.5 Å². The first-order chi connectivity index (χ1) is 19.9. The summed E-state index contributed by atoms with van der Waals surface area (Å²) < 4.78 is 21.5. The van der Waals surface area contributed by atoms with Crippen molar-refractivity contribution in [3.05, 3.63) is 22.8 Å². The van der Waals surface area contributed by atoms with Crippen molar-refractivity contribution in [2.45, 2.75) is 56.1 Å². The number of aliphatic imine (C=N–C) groups is 2. The number of carbonyl (C=O) groups is 1. The molecular formula is C20H28N6O14S2. The quantitative estimate of drug-likeness (QED) is 0.0411. The lowest BCUT2D eigenvalue weighted by Gasteiger charge is -2.42. The van der Waals surface area contributed by atoms with Gasteiger partial charge in [-0.15, -0.1) is 0 Å². The fraction of sp³-hybridized carbons (Fsp3) is 0.550. The van der Waals surface area contributed by atoms with Crippen molar-refractivity contribution in [1.82, 2.24) is 9.97 Å². The van der Waals surface area contributed by atoms with Crippen LogP contribution in [0.2, 0.25) is 0 Å². The average Bonchev–Trinajstić information content (AvgIpc) is 3.62. The van der Waals surface area contributed by atoms with Gasteiger partial charge in [-0.2, -0.15) is 20.4 Å². The lowest BCUT2D eigenvalue weighted by molar-refractivity contribution is -0.991. The van der Waals surface area contributed by atoms with E-state index >= 15 is 0 Å². The van der Waals surface area contributed by atoms with Crippen molar-refractivity contribution in [2.75, 3.05) is 13.2 Å². The molecule has 0 aromatic carbocycles. The Balaban J connectivity index is 1.84. The fourth-order valence-electron chi connectivity index (χ4n) is 3.44. The Labute approximate surface area is 243 Å². The largest absolute Gasteiger partial charge is 0.593 e. The van der Waals surface area contributed by atoms with Gasteiger partial charge < -0.3 is 54.9 Å². The van der Waals surface area contributed by atoms with Gasteiger partial charge >= 0.3 is 16.2 Å². The highest BCUT2D eigenvalue weighted by Crippen LogP contribution is 2.28. The Kier molecular flexibility index (Phi) is 12.8. The Morgan fingerprint density at radius 3 is 2.14 bits per heavy atom. The molecule has 1 aliphatic heterocycles. The Hall–Kier alpha value is -2.49. The molecule has 3 rings (SSSR count). The monoisotopic (exact) mass is 640 g/mol. The number of nitrogens with one attached hydrogen (secondary N) is 2. The summed E-state index contributed by atoms with van der Waals surface area (Å²) in [6, 6.07) is 0. The number of rotatable bonds is 14. The molecule has 0 radical (unpaired) electrons. The van der Waals surface area contributed by atoms with Crippen LogP contribution in [0.3, 0.4) is 0 Å². The van der Waals surface area contributed by atoms with Crippen LogP contribution >= 0.6 is 22.7 Å². The van der Waals surface area contributed by atoms with E-state index in [1.54, 1.807) is 0 Å². The number of ether oxygens (including phenoxy) is 4. The molecule has 0 amide bonds. The summed E-state index contributed by atoms with van der Waals surface area (Å²) in [4.78, 5) is 26.8. The second kappa shape index (κ2) is 15.8. The minimum Gasteiger partial charge on any atom is -0.593 e. The van der Waals surface area contributed by atoms with E-state index in [1.165, 1.54) is 0 Å². The molecule has 0 saturated carbocycles.